The Balaban J connectivity index is 1.36. The van der Waals surface area contributed by atoms with Gasteiger partial charge in [0.25, 0.3) is 5.56 Å². The SMILES string of the molecule is O=C(CCn1cnc2cc(Cl)ccc2c1=O)N1CCN(c2ccccn2)CC1. The van der Waals surface area contributed by atoms with Crippen molar-refractivity contribution in [3.63, 3.8) is 0 Å². The number of hydrogen-bond acceptors (Lipinski definition) is 5. The molecular weight excluding hydrogens is 378 g/mol. The van der Waals surface area contributed by atoms with E-state index in [1.807, 2.05) is 23.1 Å². The number of anilines is 1. The maximum Gasteiger partial charge on any atom is 0.261 e. The third kappa shape index (κ3) is 3.84. The highest BCUT2D eigenvalue weighted by Crippen LogP contribution is 2.15. The zero-order chi connectivity index (χ0) is 19.5. The van der Waals surface area contributed by atoms with Crippen LogP contribution >= 0.6 is 11.6 Å². The lowest BCUT2D eigenvalue weighted by atomic mass is 10.2. The smallest absolute Gasteiger partial charge is 0.261 e. The number of carbonyl (C=O) groups is 1. The molecule has 1 amide bonds. The maximum atomic E-state index is 12.6. The summed E-state index contributed by atoms with van der Waals surface area (Å²) in [5.41, 5.74) is 0.403. The van der Waals surface area contributed by atoms with Crippen molar-refractivity contribution in [1.82, 2.24) is 19.4 Å². The number of rotatable bonds is 4. The van der Waals surface area contributed by atoms with E-state index in [1.165, 1.54) is 10.9 Å². The predicted octanol–water partition coefficient (Wildman–Crippen LogP) is 2.18. The quantitative estimate of drug-likeness (QED) is 0.674. The Morgan fingerprint density at radius 3 is 2.64 bits per heavy atom. The summed E-state index contributed by atoms with van der Waals surface area (Å²) >= 11 is 5.94. The molecule has 1 aliphatic heterocycles. The Morgan fingerprint density at radius 1 is 1.07 bits per heavy atom. The topological polar surface area (TPSA) is 71.3 Å². The van der Waals surface area contributed by atoms with Crippen molar-refractivity contribution in [3.8, 4) is 0 Å². The van der Waals surface area contributed by atoms with Crippen molar-refractivity contribution >= 4 is 34.2 Å². The molecule has 8 heteroatoms. The zero-order valence-electron chi connectivity index (χ0n) is 15.3. The number of benzene rings is 1. The lowest BCUT2D eigenvalue weighted by molar-refractivity contribution is -0.131. The molecular formula is C20H20ClN5O2. The molecule has 0 aliphatic carbocycles. The standard InChI is InChI=1S/C20H20ClN5O2/c21-15-4-5-16-17(13-15)23-14-26(20(16)28)8-6-19(27)25-11-9-24(10-12-25)18-3-1-2-7-22-18/h1-5,7,13-14H,6,8-12H2. The van der Waals surface area contributed by atoms with Gasteiger partial charge in [0.05, 0.1) is 17.2 Å². The third-order valence-corrected chi connectivity index (χ3v) is 5.19. The molecule has 0 saturated carbocycles. The highest BCUT2D eigenvalue weighted by atomic mass is 35.5. The molecule has 1 aliphatic rings. The minimum Gasteiger partial charge on any atom is -0.353 e. The largest absolute Gasteiger partial charge is 0.353 e. The van der Waals surface area contributed by atoms with E-state index < -0.39 is 0 Å². The first-order valence-electron chi connectivity index (χ1n) is 9.20. The molecule has 0 N–H and O–H groups in total. The number of carbonyl (C=O) groups excluding carboxylic acids is 1. The van der Waals surface area contributed by atoms with Crippen LogP contribution in [-0.2, 0) is 11.3 Å². The van der Waals surface area contributed by atoms with Crippen LogP contribution in [0.4, 0.5) is 5.82 Å². The normalized spacial score (nSPS) is 14.5. The minimum absolute atomic E-state index is 0.0452. The summed E-state index contributed by atoms with van der Waals surface area (Å²) in [5.74, 6) is 0.979. The van der Waals surface area contributed by atoms with Gasteiger partial charge in [-0.1, -0.05) is 17.7 Å². The van der Waals surface area contributed by atoms with Gasteiger partial charge in [-0.15, -0.1) is 0 Å². The van der Waals surface area contributed by atoms with Crippen LogP contribution in [0.5, 0.6) is 0 Å². The lowest BCUT2D eigenvalue weighted by Crippen LogP contribution is -2.49. The van der Waals surface area contributed by atoms with Gasteiger partial charge in [0.15, 0.2) is 0 Å². The average Bonchev–Trinajstić information content (AvgIpc) is 2.74. The van der Waals surface area contributed by atoms with E-state index in [1.54, 1.807) is 24.4 Å². The van der Waals surface area contributed by atoms with E-state index in [4.69, 9.17) is 11.6 Å². The number of pyridine rings is 1. The van der Waals surface area contributed by atoms with Crippen molar-refractivity contribution in [1.29, 1.82) is 0 Å². The van der Waals surface area contributed by atoms with Crippen LogP contribution in [0.1, 0.15) is 6.42 Å². The van der Waals surface area contributed by atoms with Crippen LogP contribution in [0, 0.1) is 0 Å². The third-order valence-electron chi connectivity index (χ3n) is 4.96. The summed E-state index contributed by atoms with van der Waals surface area (Å²) < 4.78 is 1.48. The van der Waals surface area contributed by atoms with E-state index >= 15 is 0 Å². The van der Waals surface area contributed by atoms with Gasteiger partial charge in [-0.25, -0.2) is 9.97 Å². The summed E-state index contributed by atoms with van der Waals surface area (Å²) in [7, 11) is 0. The van der Waals surface area contributed by atoms with Gasteiger partial charge in [-0.05, 0) is 30.3 Å². The van der Waals surface area contributed by atoms with Crippen LogP contribution in [0.2, 0.25) is 5.02 Å². The second-order valence-corrected chi connectivity index (χ2v) is 7.15. The molecule has 3 aromatic rings. The molecule has 4 rings (SSSR count). The van der Waals surface area contributed by atoms with E-state index in [9.17, 15) is 9.59 Å². The molecule has 0 unspecified atom stereocenters. The van der Waals surface area contributed by atoms with Gasteiger partial charge in [0, 0.05) is 50.4 Å². The van der Waals surface area contributed by atoms with Gasteiger partial charge >= 0.3 is 0 Å². The predicted molar refractivity (Wildman–Crippen MR) is 109 cm³/mol. The number of piperazine rings is 1. The Hall–Kier alpha value is -2.93. The Morgan fingerprint density at radius 2 is 1.89 bits per heavy atom. The fraction of sp³-hybridized carbons (Fsp3) is 0.300. The number of nitrogens with zero attached hydrogens (tertiary/aromatic N) is 5. The second-order valence-electron chi connectivity index (χ2n) is 6.71. The van der Waals surface area contributed by atoms with Gasteiger partial charge < -0.3 is 9.80 Å². The average molecular weight is 398 g/mol. The monoisotopic (exact) mass is 397 g/mol. The second kappa shape index (κ2) is 7.98. The zero-order valence-corrected chi connectivity index (χ0v) is 16.0. The number of amides is 1. The number of fused-ring (bicyclic) bond motifs is 1. The van der Waals surface area contributed by atoms with Gasteiger partial charge in [-0.2, -0.15) is 0 Å². The first-order chi connectivity index (χ1) is 13.6. The first kappa shape index (κ1) is 18.4. The van der Waals surface area contributed by atoms with Crippen LogP contribution in [0.25, 0.3) is 10.9 Å². The molecule has 0 bridgehead atoms. The highest BCUT2D eigenvalue weighted by molar-refractivity contribution is 6.31. The van der Waals surface area contributed by atoms with Crippen LogP contribution < -0.4 is 10.5 Å². The lowest BCUT2D eigenvalue weighted by Gasteiger charge is -2.35. The van der Waals surface area contributed by atoms with Crippen LogP contribution in [0.15, 0.2) is 53.7 Å². The van der Waals surface area contributed by atoms with Gasteiger partial charge in [0.1, 0.15) is 5.82 Å². The molecule has 0 atom stereocenters. The fourth-order valence-electron chi connectivity index (χ4n) is 3.39. The van der Waals surface area contributed by atoms with Crippen molar-refractivity contribution in [2.45, 2.75) is 13.0 Å². The molecule has 7 nitrogen and oxygen atoms in total. The highest BCUT2D eigenvalue weighted by Gasteiger charge is 2.21. The van der Waals surface area contributed by atoms with Crippen LogP contribution in [0.3, 0.4) is 0 Å². The minimum atomic E-state index is -0.158. The number of aromatic nitrogens is 3. The molecule has 0 spiro atoms. The molecule has 1 fully saturated rings. The Kier molecular flexibility index (Phi) is 5.25. The molecule has 28 heavy (non-hydrogen) atoms. The Labute approximate surface area is 167 Å². The van der Waals surface area contributed by atoms with Crippen molar-refractivity contribution in [3.05, 3.63) is 64.3 Å². The van der Waals surface area contributed by atoms with E-state index in [0.717, 1.165) is 18.9 Å². The molecule has 1 saturated heterocycles. The number of aryl methyl sites for hydroxylation is 1. The molecule has 3 heterocycles. The van der Waals surface area contributed by atoms with Crippen molar-refractivity contribution < 1.29 is 4.79 Å². The Bertz CT molecular complexity index is 1050. The van der Waals surface area contributed by atoms with E-state index in [0.29, 0.717) is 35.6 Å². The number of hydrogen-bond donors (Lipinski definition) is 0. The summed E-state index contributed by atoms with van der Waals surface area (Å²) in [6.07, 6.45) is 3.52. The number of halogens is 1. The van der Waals surface area contributed by atoms with E-state index in [-0.39, 0.29) is 17.9 Å². The van der Waals surface area contributed by atoms with E-state index in [2.05, 4.69) is 14.9 Å². The first-order valence-corrected chi connectivity index (χ1v) is 9.58. The van der Waals surface area contributed by atoms with Crippen molar-refractivity contribution in [2.24, 2.45) is 0 Å². The van der Waals surface area contributed by atoms with Crippen molar-refractivity contribution in [2.75, 3.05) is 31.1 Å². The summed E-state index contributed by atoms with van der Waals surface area (Å²) in [4.78, 5) is 37.8. The summed E-state index contributed by atoms with van der Waals surface area (Å²) in [5, 5.41) is 1.04. The van der Waals surface area contributed by atoms with Crippen LogP contribution in [-0.4, -0.2) is 51.5 Å². The summed E-state index contributed by atoms with van der Waals surface area (Å²) in [6.45, 7) is 3.11. The molecule has 144 valence electrons. The molecule has 1 aromatic carbocycles. The van der Waals surface area contributed by atoms with Gasteiger partial charge in [0.2, 0.25) is 5.91 Å². The van der Waals surface area contributed by atoms with Gasteiger partial charge in [-0.3, -0.25) is 14.2 Å². The molecule has 0 radical (unpaired) electrons. The fourth-order valence-corrected chi connectivity index (χ4v) is 3.56. The maximum absolute atomic E-state index is 12.6. The molecule has 2 aromatic heterocycles. The summed E-state index contributed by atoms with van der Waals surface area (Å²) in [6, 6.07) is 10.8.